The minimum Gasteiger partial charge on any atom is -0.484 e. The SMILES string of the molecule is CCS(=O)(=O)N1CCC(C(=O)NCc2ccc(OCC(F)(F)F)cc2)CC1. The van der Waals surface area contributed by atoms with E-state index >= 15 is 0 Å². The molecule has 1 aliphatic rings. The first-order valence-electron chi connectivity index (χ1n) is 8.65. The van der Waals surface area contributed by atoms with Crippen molar-refractivity contribution in [3.63, 3.8) is 0 Å². The second-order valence-electron chi connectivity index (χ2n) is 6.34. The number of rotatable bonds is 7. The van der Waals surface area contributed by atoms with Crippen LogP contribution < -0.4 is 10.1 Å². The summed E-state index contributed by atoms with van der Waals surface area (Å²) < 4.78 is 66.0. The van der Waals surface area contributed by atoms with Gasteiger partial charge in [-0.15, -0.1) is 0 Å². The predicted molar refractivity (Wildman–Crippen MR) is 93.6 cm³/mol. The third-order valence-electron chi connectivity index (χ3n) is 4.38. The molecule has 1 aliphatic heterocycles. The van der Waals surface area contributed by atoms with Crippen molar-refractivity contribution in [1.82, 2.24) is 9.62 Å². The monoisotopic (exact) mass is 408 g/mol. The van der Waals surface area contributed by atoms with Crippen LogP contribution in [0.3, 0.4) is 0 Å². The summed E-state index contributed by atoms with van der Waals surface area (Å²) in [6.45, 7) is 1.15. The molecule has 1 saturated heterocycles. The lowest BCUT2D eigenvalue weighted by Gasteiger charge is -2.30. The fourth-order valence-electron chi connectivity index (χ4n) is 2.78. The van der Waals surface area contributed by atoms with E-state index in [-0.39, 0.29) is 29.9 Å². The van der Waals surface area contributed by atoms with E-state index in [1.165, 1.54) is 16.4 Å². The van der Waals surface area contributed by atoms with Crippen LogP contribution >= 0.6 is 0 Å². The Balaban J connectivity index is 1.77. The number of carbonyl (C=O) groups excluding carboxylic acids is 1. The number of ether oxygens (including phenoxy) is 1. The van der Waals surface area contributed by atoms with Gasteiger partial charge < -0.3 is 10.1 Å². The second kappa shape index (κ2) is 8.92. The number of nitrogens with one attached hydrogen (secondary N) is 1. The summed E-state index contributed by atoms with van der Waals surface area (Å²) in [5.41, 5.74) is 0.730. The average molecular weight is 408 g/mol. The van der Waals surface area contributed by atoms with Crippen molar-refractivity contribution in [3.05, 3.63) is 29.8 Å². The topological polar surface area (TPSA) is 75.7 Å². The molecule has 0 unspecified atom stereocenters. The number of hydrogen-bond donors (Lipinski definition) is 1. The van der Waals surface area contributed by atoms with Crippen molar-refractivity contribution < 1.29 is 31.1 Å². The van der Waals surface area contributed by atoms with Crippen LogP contribution in [0.2, 0.25) is 0 Å². The van der Waals surface area contributed by atoms with Crippen LogP contribution in [-0.4, -0.2) is 50.3 Å². The smallest absolute Gasteiger partial charge is 0.422 e. The van der Waals surface area contributed by atoms with E-state index in [2.05, 4.69) is 10.1 Å². The number of alkyl halides is 3. The normalized spacial score (nSPS) is 16.9. The fourth-order valence-corrected chi connectivity index (χ4v) is 3.91. The van der Waals surface area contributed by atoms with Crippen molar-refractivity contribution in [2.75, 3.05) is 25.4 Å². The van der Waals surface area contributed by atoms with E-state index in [9.17, 15) is 26.4 Å². The van der Waals surface area contributed by atoms with E-state index in [0.717, 1.165) is 5.56 Å². The summed E-state index contributed by atoms with van der Waals surface area (Å²) in [6.07, 6.45) is -3.46. The van der Waals surface area contributed by atoms with Crippen molar-refractivity contribution in [3.8, 4) is 5.75 Å². The lowest BCUT2D eigenvalue weighted by Crippen LogP contribution is -2.43. The van der Waals surface area contributed by atoms with Gasteiger partial charge in [0.15, 0.2) is 6.61 Å². The van der Waals surface area contributed by atoms with Crippen LogP contribution in [0.15, 0.2) is 24.3 Å². The lowest BCUT2D eigenvalue weighted by molar-refractivity contribution is -0.153. The van der Waals surface area contributed by atoms with Crippen LogP contribution in [0.4, 0.5) is 13.2 Å². The van der Waals surface area contributed by atoms with Crippen LogP contribution in [0.25, 0.3) is 0 Å². The van der Waals surface area contributed by atoms with E-state index in [1.807, 2.05) is 0 Å². The number of amides is 1. The molecule has 1 heterocycles. The lowest BCUT2D eigenvalue weighted by atomic mass is 9.97. The molecule has 0 spiro atoms. The number of sulfonamides is 1. The van der Waals surface area contributed by atoms with Gasteiger partial charge in [-0.1, -0.05) is 12.1 Å². The van der Waals surface area contributed by atoms with Crippen LogP contribution in [0.5, 0.6) is 5.75 Å². The predicted octanol–water partition coefficient (Wildman–Crippen LogP) is 2.31. The molecule has 0 atom stereocenters. The molecule has 0 bridgehead atoms. The van der Waals surface area contributed by atoms with Gasteiger partial charge in [-0.2, -0.15) is 13.2 Å². The molecular weight excluding hydrogens is 385 g/mol. The molecule has 6 nitrogen and oxygen atoms in total. The van der Waals surface area contributed by atoms with Crippen molar-refractivity contribution >= 4 is 15.9 Å². The molecule has 2 rings (SSSR count). The van der Waals surface area contributed by atoms with E-state index in [1.54, 1.807) is 19.1 Å². The maximum absolute atomic E-state index is 12.2. The second-order valence-corrected chi connectivity index (χ2v) is 8.60. The zero-order valence-corrected chi connectivity index (χ0v) is 15.8. The number of piperidine rings is 1. The molecule has 1 aromatic rings. The number of carbonyl (C=O) groups is 1. The third kappa shape index (κ3) is 6.69. The summed E-state index contributed by atoms with van der Waals surface area (Å²) in [7, 11) is -3.22. The average Bonchev–Trinajstić information content (AvgIpc) is 2.64. The minimum atomic E-state index is -4.39. The molecule has 27 heavy (non-hydrogen) atoms. The first-order valence-corrected chi connectivity index (χ1v) is 10.3. The highest BCUT2D eigenvalue weighted by molar-refractivity contribution is 7.89. The highest BCUT2D eigenvalue weighted by Crippen LogP contribution is 2.21. The maximum Gasteiger partial charge on any atom is 0.422 e. The zero-order chi connectivity index (χ0) is 20.1. The van der Waals surface area contributed by atoms with Gasteiger partial charge in [0.2, 0.25) is 15.9 Å². The molecule has 1 N–H and O–H groups in total. The Kier molecular flexibility index (Phi) is 7.10. The Morgan fingerprint density at radius 1 is 1.22 bits per heavy atom. The van der Waals surface area contributed by atoms with E-state index in [0.29, 0.717) is 25.9 Å². The van der Waals surface area contributed by atoms with Gasteiger partial charge in [0.25, 0.3) is 0 Å². The fraction of sp³-hybridized carbons (Fsp3) is 0.588. The van der Waals surface area contributed by atoms with Gasteiger partial charge in [0.1, 0.15) is 5.75 Å². The van der Waals surface area contributed by atoms with Crippen LogP contribution in [0, 0.1) is 5.92 Å². The Morgan fingerprint density at radius 3 is 2.33 bits per heavy atom. The summed E-state index contributed by atoms with van der Waals surface area (Å²) in [4.78, 5) is 12.2. The molecule has 0 aromatic heterocycles. The summed E-state index contributed by atoms with van der Waals surface area (Å²) in [5, 5.41) is 2.78. The molecule has 1 aromatic carbocycles. The zero-order valence-electron chi connectivity index (χ0n) is 15.0. The first-order chi connectivity index (χ1) is 12.6. The molecule has 0 aliphatic carbocycles. The third-order valence-corrected chi connectivity index (χ3v) is 6.26. The number of hydrogen-bond acceptors (Lipinski definition) is 4. The highest BCUT2D eigenvalue weighted by atomic mass is 32.2. The Bertz CT molecular complexity index is 728. The molecule has 1 fully saturated rings. The Hall–Kier alpha value is -1.81. The van der Waals surface area contributed by atoms with Crippen molar-refractivity contribution in [1.29, 1.82) is 0 Å². The van der Waals surface area contributed by atoms with Gasteiger partial charge in [-0.25, -0.2) is 12.7 Å². The Morgan fingerprint density at radius 2 is 1.81 bits per heavy atom. The van der Waals surface area contributed by atoms with Crippen LogP contribution in [-0.2, 0) is 21.4 Å². The summed E-state index contributed by atoms with van der Waals surface area (Å²) in [5.74, 6) is -0.248. The molecule has 10 heteroatoms. The van der Waals surface area contributed by atoms with Crippen molar-refractivity contribution in [2.45, 2.75) is 32.5 Å². The molecule has 1 amide bonds. The number of halogens is 3. The maximum atomic E-state index is 12.2. The van der Waals surface area contributed by atoms with E-state index in [4.69, 9.17) is 0 Å². The molecule has 0 saturated carbocycles. The number of benzene rings is 1. The first kappa shape index (κ1) is 21.5. The Labute approximate surface area is 156 Å². The van der Waals surface area contributed by atoms with Gasteiger partial charge in [0, 0.05) is 25.6 Å². The summed E-state index contributed by atoms with van der Waals surface area (Å²) >= 11 is 0. The van der Waals surface area contributed by atoms with E-state index < -0.39 is 22.8 Å². The standard InChI is InChI=1S/C17H23F3N2O4S/c1-2-27(24,25)22-9-7-14(8-10-22)16(23)21-11-13-3-5-15(6-4-13)26-12-17(18,19)20/h3-6,14H,2,7-12H2,1H3,(H,21,23). The highest BCUT2D eigenvalue weighted by Gasteiger charge is 2.30. The largest absolute Gasteiger partial charge is 0.484 e. The van der Waals surface area contributed by atoms with Gasteiger partial charge in [0.05, 0.1) is 5.75 Å². The number of nitrogens with zero attached hydrogens (tertiary/aromatic N) is 1. The summed E-state index contributed by atoms with van der Waals surface area (Å²) in [6, 6.07) is 6.01. The molecule has 0 radical (unpaired) electrons. The molecule has 152 valence electrons. The minimum absolute atomic E-state index is 0.0482. The van der Waals surface area contributed by atoms with Crippen LogP contribution in [0.1, 0.15) is 25.3 Å². The van der Waals surface area contributed by atoms with Gasteiger partial charge in [-0.3, -0.25) is 4.79 Å². The quantitative estimate of drug-likeness (QED) is 0.751. The molecular formula is C17H23F3N2O4S. The van der Waals surface area contributed by atoms with Gasteiger partial charge in [-0.05, 0) is 37.5 Å². The van der Waals surface area contributed by atoms with Crippen molar-refractivity contribution in [2.24, 2.45) is 5.92 Å². The van der Waals surface area contributed by atoms with Gasteiger partial charge >= 0.3 is 6.18 Å².